The van der Waals surface area contributed by atoms with Gasteiger partial charge in [-0.15, -0.1) is 0 Å². The Morgan fingerprint density at radius 1 is 0.800 bits per heavy atom. The molecule has 6 nitrogen and oxygen atoms in total. The maximum Gasteiger partial charge on any atom is 0.333 e. The van der Waals surface area contributed by atoms with E-state index in [-0.39, 0.29) is 17.9 Å². The molecule has 0 atom stereocenters. The Morgan fingerprint density at radius 2 is 1.27 bits per heavy atom. The van der Waals surface area contributed by atoms with E-state index in [2.05, 4.69) is 31.4 Å². The number of benzene rings is 1. The zero-order valence-electron chi connectivity index (χ0n) is 18.8. The van der Waals surface area contributed by atoms with Crippen molar-refractivity contribution in [1.82, 2.24) is 0 Å². The molecule has 1 rings (SSSR count). The summed E-state index contributed by atoms with van der Waals surface area (Å²) in [5.41, 5.74) is 2.31. The van der Waals surface area contributed by atoms with Crippen molar-refractivity contribution >= 4 is 17.9 Å². The molecule has 0 spiro atoms. The van der Waals surface area contributed by atoms with Crippen molar-refractivity contribution in [2.75, 3.05) is 13.7 Å². The summed E-state index contributed by atoms with van der Waals surface area (Å²) in [6.07, 6.45) is 1.97. The van der Waals surface area contributed by atoms with Gasteiger partial charge in [0.05, 0.1) is 13.7 Å². The number of methoxy groups -OCH3 is 1. The van der Waals surface area contributed by atoms with Crippen LogP contribution in [0.3, 0.4) is 0 Å². The average Bonchev–Trinajstić information content (AvgIpc) is 2.72. The van der Waals surface area contributed by atoms with Gasteiger partial charge in [-0.3, -0.25) is 0 Å². The van der Waals surface area contributed by atoms with Crippen molar-refractivity contribution < 1.29 is 28.6 Å². The van der Waals surface area contributed by atoms with Crippen LogP contribution < -0.4 is 0 Å². The number of hydrogen-bond acceptors (Lipinski definition) is 6. The van der Waals surface area contributed by atoms with Crippen molar-refractivity contribution in [3.05, 3.63) is 72.4 Å². The number of hydrogen-bond donors (Lipinski definition) is 0. The molecule has 0 aromatic heterocycles. The smallest absolute Gasteiger partial charge is 0.333 e. The molecule has 166 valence electrons. The van der Waals surface area contributed by atoms with E-state index in [1.807, 2.05) is 30.3 Å². The third-order valence-corrected chi connectivity index (χ3v) is 3.17. The maximum atomic E-state index is 11.0. The first-order valence-corrected chi connectivity index (χ1v) is 9.49. The minimum absolute atomic E-state index is 0.284. The Balaban J connectivity index is 0. The van der Waals surface area contributed by atoms with Crippen LogP contribution in [0.4, 0.5) is 0 Å². The van der Waals surface area contributed by atoms with E-state index in [0.717, 1.165) is 18.4 Å². The first-order valence-electron chi connectivity index (χ1n) is 9.49. The van der Waals surface area contributed by atoms with Gasteiger partial charge in [-0.1, -0.05) is 63.4 Å². The van der Waals surface area contributed by atoms with Gasteiger partial charge in [0.15, 0.2) is 0 Å². The van der Waals surface area contributed by atoms with Gasteiger partial charge in [0.25, 0.3) is 0 Å². The van der Waals surface area contributed by atoms with E-state index >= 15 is 0 Å². The van der Waals surface area contributed by atoms with Crippen LogP contribution in [0.15, 0.2) is 66.8 Å². The van der Waals surface area contributed by atoms with Gasteiger partial charge in [0.1, 0.15) is 6.61 Å². The van der Waals surface area contributed by atoms with Gasteiger partial charge in [-0.25, -0.2) is 14.4 Å². The topological polar surface area (TPSA) is 78.9 Å². The number of carbonyl (C=O) groups is 3. The lowest BCUT2D eigenvalue weighted by Gasteiger charge is -2.03. The molecule has 0 radical (unpaired) electrons. The number of rotatable bonds is 8. The molecule has 0 heterocycles. The van der Waals surface area contributed by atoms with E-state index in [1.54, 1.807) is 20.8 Å². The highest BCUT2D eigenvalue weighted by atomic mass is 16.5. The molecule has 0 saturated heterocycles. The van der Waals surface area contributed by atoms with Gasteiger partial charge in [0.2, 0.25) is 0 Å². The summed E-state index contributed by atoms with van der Waals surface area (Å²) in [7, 11) is 1.33. The van der Waals surface area contributed by atoms with E-state index in [4.69, 9.17) is 9.47 Å². The Hall–Kier alpha value is -3.15. The molecule has 0 N–H and O–H groups in total. The number of ether oxygens (including phenoxy) is 3. The lowest BCUT2D eigenvalue weighted by atomic mass is 10.2. The SMILES string of the molecule is C=C(C)C(=O)OC.C=C(C)C(=O)OCCCC.C=C(C)C(=O)OCc1ccccc1. The molecule has 0 amide bonds. The van der Waals surface area contributed by atoms with Gasteiger partial charge < -0.3 is 14.2 Å². The second-order valence-corrected chi connectivity index (χ2v) is 6.38. The predicted octanol–water partition coefficient (Wildman–Crippen LogP) is 4.95. The van der Waals surface area contributed by atoms with Gasteiger partial charge in [-0.2, -0.15) is 0 Å². The fourth-order valence-corrected chi connectivity index (χ4v) is 1.45. The largest absolute Gasteiger partial charge is 0.466 e. The Morgan fingerprint density at radius 3 is 1.63 bits per heavy atom. The van der Waals surface area contributed by atoms with Crippen molar-refractivity contribution in [2.24, 2.45) is 0 Å². The minimum atomic E-state index is -0.347. The van der Waals surface area contributed by atoms with Gasteiger partial charge in [-0.05, 0) is 32.8 Å². The second kappa shape index (κ2) is 17.9. The van der Waals surface area contributed by atoms with Crippen LogP contribution in [0.25, 0.3) is 0 Å². The van der Waals surface area contributed by atoms with Crippen molar-refractivity contribution in [1.29, 1.82) is 0 Å². The van der Waals surface area contributed by atoms with Crippen molar-refractivity contribution in [2.45, 2.75) is 47.1 Å². The molecule has 0 bridgehead atoms. The van der Waals surface area contributed by atoms with Gasteiger partial charge >= 0.3 is 17.9 Å². The summed E-state index contributed by atoms with van der Waals surface area (Å²) in [6.45, 7) is 18.1. The zero-order chi connectivity index (χ0) is 23.5. The standard InChI is InChI=1S/C11H12O2.C8H14O2.C5H8O2/c1-9(2)11(12)13-8-10-6-4-3-5-7-10;1-4-5-6-10-8(9)7(2)3;1-4(2)5(6)7-3/h3-7H,1,8H2,2H3;2,4-6H2,1,3H3;1H2,2-3H3. The molecule has 6 heteroatoms. The molecular weight excluding hydrogens is 384 g/mol. The van der Waals surface area contributed by atoms with Crippen LogP contribution in [0.1, 0.15) is 46.1 Å². The zero-order valence-corrected chi connectivity index (χ0v) is 18.8. The van der Waals surface area contributed by atoms with Crippen LogP contribution in [0.2, 0.25) is 0 Å². The molecule has 0 aliphatic heterocycles. The summed E-state index contributed by atoms with van der Waals surface area (Å²) in [5.74, 6) is -0.975. The third-order valence-electron chi connectivity index (χ3n) is 3.17. The van der Waals surface area contributed by atoms with Crippen LogP contribution >= 0.6 is 0 Å². The highest BCUT2D eigenvalue weighted by Gasteiger charge is 2.02. The van der Waals surface area contributed by atoms with Crippen LogP contribution in [-0.4, -0.2) is 31.6 Å². The number of carbonyl (C=O) groups excluding carboxylic acids is 3. The first-order chi connectivity index (χ1) is 14.1. The average molecular weight is 419 g/mol. The van der Waals surface area contributed by atoms with E-state index in [9.17, 15) is 14.4 Å². The quantitative estimate of drug-likeness (QED) is 0.257. The van der Waals surface area contributed by atoms with Crippen LogP contribution in [0, 0.1) is 0 Å². The normalized spacial score (nSPS) is 8.83. The molecule has 0 aliphatic rings. The molecule has 30 heavy (non-hydrogen) atoms. The molecule has 0 aliphatic carbocycles. The Kier molecular flexibility index (Phi) is 17.4. The first kappa shape index (κ1) is 29.1. The summed E-state index contributed by atoms with van der Waals surface area (Å²) in [5, 5.41) is 0. The van der Waals surface area contributed by atoms with E-state index in [1.165, 1.54) is 7.11 Å². The molecule has 1 aromatic carbocycles. The second-order valence-electron chi connectivity index (χ2n) is 6.38. The summed E-state index contributed by atoms with van der Waals surface area (Å²) in [4.78, 5) is 31.9. The maximum absolute atomic E-state index is 11.0. The minimum Gasteiger partial charge on any atom is -0.466 e. The summed E-state index contributed by atoms with van der Waals surface area (Å²) < 4.78 is 14.0. The molecule has 0 saturated carbocycles. The van der Waals surface area contributed by atoms with E-state index in [0.29, 0.717) is 29.9 Å². The Bertz CT molecular complexity index is 704. The molecule has 0 unspecified atom stereocenters. The van der Waals surface area contributed by atoms with Crippen molar-refractivity contribution in [3.8, 4) is 0 Å². The van der Waals surface area contributed by atoms with Crippen LogP contribution in [-0.2, 0) is 35.2 Å². The number of esters is 3. The monoisotopic (exact) mass is 418 g/mol. The highest BCUT2D eigenvalue weighted by molar-refractivity contribution is 5.87. The number of unbranched alkanes of at least 4 members (excludes halogenated alkanes) is 1. The molecule has 1 aromatic rings. The fourth-order valence-electron chi connectivity index (χ4n) is 1.45. The van der Waals surface area contributed by atoms with Crippen LogP contribution in [0.5, 0.6) is 0 Å². The highest BCUT2D eigenvalue weighted by Crippen LogP contribution is 2.02. The Labute approximate surface area is 180 Å². The third kappa shape index (κ3) is 17.0. The predicted molar refractivity (Wildman–Crippen MR) is 119 cm³/mol. The van der Waals surface area contributed by atoms with Gasteiger partial charge in [0, 0.05) is 16.7 Å². The molecule has 0 fully saturated rings. The molecular formula is C24H34O6. The summed E-state index contributed by atoms with van der Waals surface area (Å²) >= 11 is 0. The van der Waals surface area contributed by atoms with E-state index < -0.39 is 0 Å². The van der Waals surface area contributed by atoms with Crippen molar-refractivity contribution in [3.63, 3.8) is 0 Å². The lowest BCUT2D eigenvalue weighted by Crippen LogP contribution is -2.05. The fraction of sp³-hybridized carbons (Fsp3) is 0.375. The summed E-state index contributed by atoms with van der Waals surface area (Å²) in [6, 6.07) is 9.55. The lowest BCUT2D eigenvalue weighted by molar-refractivity contribution is -0.140.